The molecule has 0 atom stereocenters. The second-order valence-electron chi connectivity index (χ2n) is 10.1. The zero-order valence-corrected chi connectivity index (χ0v) is 21.8. The van der Waals surface area contributed by atoms with Crippen LogP contribution >= 0.6 is 0 Å². The Hall–Kier alpha value is -5.03. The minimum Gasteiger partial charge on any atom is -0.335 e. The van der Waals surface area contributed by atoms with E-state index in [1.165, 1.54) is 0 Å². The molecule has 1 aliphatic heterocycles. The van der Waals surface area contributed by atoms with Crippen molar-refractivity contribution >= 4 is 33.7 Å². The normalized spacial score (nSPS) is 14.6. The third-order valence-electron chi connectivity index (χ3n) is 7.46. The molecule has 0 aromatic carbocycles. The van der Waals surface area contributed by atoms with E-state index in [9.17, 15) is 4.79 Å². The van der Waals surface area contributed by atoms with Crippen molar-refractivity contribution in [2.75, 3.05) is 25.5 Å². The van der Waals surface area contributed by atoms with Gasteiger partial charge in [0.2, 0.25) is 5.91 Å². The Bertz CT molecular complexity index is 1840. The van der Waals surface area contributed by atoms with E-state index in [1.54, 1.807) is 43.4 Å². The van der Waals surface area contributed by atoms with Gasteiger partial charge in [-0.2, -0.15) is 5.10 Å². The summed E-state index contributed by atoms with van der Waals surface area (Å²) in [4.78, 5) is 40.8. The van der Waals surface area contributed by atoms with E-state index in [0.29, 0.717) is 17.2 Å². The fourth-order valence-corrected chi connectivity index (χ4v) is 5.21. The van der Waals surface area contributed by atoms with Gasteiger partial charge in [-0.15, -0.1) is 0 Å². The summed E-state index contributed by atoms with van der Waals surface area (Å²) < 4.78 is 0. The molecule has 0 bridgehead atoms. The number of carbonyl (C=O) groups is 1. The number of amides is 1. The van der Waals surface area contributed by atoms with Crippen molar-refractivity contribution in [2.45, 2.75) is 12.8 Å². The number of aromatic nitrogens is 8. The molecule has 1 fully saturated rings. The van der Waals surface area contributed by atoms with Crippen LogP contribution in [0.4, 0.5) is 5.69 Å². The third-order valence-corrected chi connectivity index (χ3v) is 7.46. The Morgan fingerprint density at radius 1 is 0.950 bits per heavy atom. The summed E-state index contributed by atoms with van der Waals surface area (Å²) in [6.07, 6.45) is 14.0. The van der Waals surface area contributed by atoms with Crippen LogP contribution in [-0.4, -0.2) is 71.0 Å². The second kappa shape index (κ2) is 9.93. The van der Waals surface area contributed by atoms with Gasteiger partial charge in [0.25, 0.3) is 0 Å². The quantitative estimate of drug-likeness (QED) is 0.300. The molecular weight excluding hydrogens is 504 g/mol. The van der Waals surface area contributed by atoms with Crippen LogP contribution in [0, 0.1) is 5.92 Å². The number of hydrogen-bond acceptors (Lipinski definition) is 8. The Labute approximate surface area is 229 Å². The maximum atomic E-state index is 12.9. The molecule has 7 rings (SSSR count). The zero-order valence-electron chi connectivity index (χ0n) is 21.8. The predicted molar refractivity (Wildman–Crippen MR) is 152 cm³/mol. The van der Waals surface area contributed by atoms with Crippen molar-refractivity contribution in [2.24, 2.45) is 5.92 Å². The average molecular weight is 531 g/mol. The highest BCUT2D eigenvalue weighted by atomic mass is 16.1. The molecule has 6 aromatic heterocycles. The highest BCUT2D eigenvalue weighted by molar-refractivity contribution is 5.97. The summed E-state index contributed by atoms with van der Waals surface area (Å²) in [5.41, 5.74) is 7.18. The first-order chi connectivity index (χ1) is 19.6. The molecule has 0 radical (unpaired) electrons. The molecule has 6 aromatic rings. The van der Waals surface area contributed by atoms with E-state index >= 15 is 0 Å². The minimum absolute atomic E-state index is 0.0180. The molecule has 198 valence electrons. The van der Waals surface area contributed by atoms with Crippen molar-refractivity contribution in [3.63, 3.8) is 0 Å². The summed E-state index contributed by atoms with van der Waals surface area (Å²) in [5, 5.41) is 11.4. The zero-order chi connectivity index (χ0) is 27.1. The standard InChI is InChI=1S/C29H26N10O/c1-39-8-4-18(5-9-39)29(40)34-21-10-19(12-31-14-21)20-11-22-26(37-38-27(22)33-13-20)28-35-24-16-32-15-23(25(24)36-28)17-2-6-30-7-3-17/h2-3,6-7,10-16,18H,4-5,8-9H2,1H3,(H,34,40)(H,35,36)(H,33,37,38). The van der Waals surface area contributed by atoms with Gasteiger partial charge in [0, 0.05) is 53.6 Å². The number of likely N-dealkylation sites (tertiary alicyclic amines) is 1. The van der Waals surface area contributed by atoms with E-state index in [2.05, 4.69) is 52.4 Å². The topological polar surface area (TPSA) is 141 Å². The fraction of sp³-hybridized carbons (Fsp3) is 0.207. The monoisotopic (exact) mass is 530 g/mol. The molecule has 1 aliphatic rings. The van der Waals surface area contributed by atoms with E-state index in [0.717, 1.165) is 70.3 Å². The van der Waals surface area contributed by atoms with Crippen LogP contribution in [0.5, 0.6) is 0 Å². The van der Waals surface area contributed by atoms with Crippen LogP contribution in [0.1, 0.15) is 12.8 Å². The number of anilines is 1. The van der Waals surface area contributed by atoms with Gasteiger partial charge in [-0.3, -0.25) is 24.8 Å². The number of pyridine rings is 4. The molecule has 1 amide bonds. The van der Waals surface area contributed by atoms with Crippen molar-refractivity contribution in [3.05, 3.63) is 67.6 Å². The fourth-order valence-electron chi connectivity index (χ4n) is 5.21. The van der Waals surface area contributed by atoms with Crippen LogP contribution in [0.3, 0.4) is 0 Å². The highest BCUT2D eigenvalue weighted by Crippen LogP contribution is 2.32. The number of aromatic amines is 2. The van der Waals surface area contributed by atoms with Gasteiger partial charge in [-0.1, -0.05) is 0 Å². The Kier molecular flexibility index (Phi) is 5.97. The summed E-state index contributed by atoms with van der Waals surface area (Å²) in [7, 11) is 2.09. The van der Waals surface area contributed by atoms with Crippen LogP contribution in [0.15, 0.2) is 67.6 Å². The Morgan fingerprint density at radius 3 is 2.60 bits per heavy atom. The van der Waals surface area contributed by atoms with E-state index in [-0.39, 0.29) is 11.8 Å². The lowest BCUT2D eigenvalue weighted by atomic mass is 9.96. The molecule has 0 saturated carbocycles. The van der Waals surface area contributed by atoms with Crippen molar-refractivity contribution in [3.8, 4) is 33.8 Å². The van der Waals surface area contributed by atoms with E-state index in [4.69, 9.17) is 4.98 Å². The number of imidazole rings is 1. The van der Waals surface area contributed by atoms with Gasteiger partial charge >= 0.3 is 0 Å². The predicted octanol–water partition coefficient (Wildman–Crippen LogP) is 4.30. The van der Waals surface area contributed by atoms with Gasteiger partial charge in [-0.05, 0) is 62.8 Å². The van der Waals surface area contributed by atoms with Crippen LogP contribution in [0.2, 0.25) is 0 Å². The molecule has 3 N–H and O–H groups in total. The number of piperidine rings is 1. The first-order valence-corrected chi connectivity index (χ1v) is 13.2. The van der Waals surface area contributed by atoms with Crippen molar-refractivity contribution in [1.29, 1.82) is 0 Å². The van der Waals surface area contributed by atoms with Crippen LogP contribution < -0.4 is 5.32 Å². The van der Waals surface area contributed by atoms with Crippen molar-refractivity contribution < 1.29 is 4.79 Å². The molecule has 0 aliphatic carbocycles. The molecule has 11 heteroatoms. The van der Waals surface area contributed by atoms with Gasteiger partial charge < -0.3 is 15.2 Å². The van der Waals surface area contributed by atoms with Gasteiger partial charge in [0.1, 0.15) is 5.69 Å². The highest BCUT2D eigenvalue weighted by Gasteiger charge is 2.23. The second-order valence-corrected chi connectivity index (χ2v) is 10.1. The first-order valence-electron chi connectivity index (χ1n) is 13.2. The SMILES string of the molecule is CN1CCC(C(=O)Nc2cncc(-c3cnc4n[nH]c(-c5nc6c(-c7ccncc7)cncc6[nH]5)c4c3)c2)CC1. The Morgan fingerprint density at radius 2 is 1.75 bits per heavy atom. The smallest absolute Gasteiger partial charge is 0.227 e. The summed E-state index contributed by atoms with van der Waals surface area (Å²) >= 11 is 0. The molecule has 40 heavy (non-hydrogen) atoms. The lowest BCUT2D eigenvalue weighted by Gasteiger charge is -2.28. The Balaban J connectivity index is 1.20. The number of nitrogens with one attached hydrogen (secondary N) is 3. The largest absolute Gasteiger partial charge is 0.335 e. The third kappa shape index (κ3) is 4.46. The molecule has 0 spiro atoms. The van der Waals surface area contributed by atoms with Crippen LogP contribution in [-0.2, 0) is 4.79 Å². The molecule has 7 heterocycles. The lowest BCUT2D eigenvalue weighted by Crippen LogP contribution is -2.35. The molecule has 11 nitrogen and oxygen atoms in total. The summed E-state index contributed by atoms with van der Waals surface area (Å²) in [6, 6.07) is 7.81. The number of rotatable bonds is 5. The molecule has 1 saturated heterocycles. The van der Waals surface area contributed by atoms with Gasteiger partial charge in [-0.25, -0.2) is 9.97 Å². The van der Waals surface area contributed by atoms with Gasteiger partial charge in [0.15, 0.2) is 11.5 Å². The number of H-pyrrole nitrogens is 2. The van der Waals surface area contributed by atoms with E-state index < -0.39 is 0 Å². The minimum atomic E-state index is 0.0180. The van der Waals surface area contributed by atoms with E-state index in [1.807, 2.05) is 24.3 Å². The summed E-state index contributed by atoms with van der Waals surface area (Å²) in [5.74, 6) is 0.699. The van der Waals surface area contributed by atoms with Crippen molar-refractivity contribution in [1.82, 2.24) is 45.0 Å². The first kappa shape index (κ1) is 24.0. The average Bonchev–Trinajstić information content (AvgIpc) is 3.62. The van der Waals surface area contributed by atoms with Crippen LogP contribution in [0.25, 0.3) is 55.8 Å². The maximum Gasteiger partial charge on any atom is 0.227 e. The van der Waals surface area contributed by atoms with Gasteiger partial charge in [0.05, 0.1) is 34.5 Å². The lowest BCUT2D eigenvalue weighted by molar-refractivity contribution is -0.121. The number of fused-ring (bicyclic) bond motifs is 2. The number of carbonyl (C=O) groups excluding carboxylic acids is 1. The molecular formula is C29H26N10O. The summed E-state index contributed by atoms with van der Waals surface area (Å²) in [6.45, 7) is 1.86. The number of hydrogen-bond donors (Lipinski definition) is 3. The molecule has 0 unspecified atom stereocenters. The number of nitrogens with zero attached hydrogens (tertiary/aromatic N) is 7. The maximum absolute atomic E-state index is 12.9.